The molecule has 0 fully saturated rings. The monoisotopic (exact) mass is 257 g/mol. The number of likely N-dealkylation sites (N-methyl/N-ethyl adjacent to an activating group) is 1. The Labute approximate surface area is 91.5 Å². The van der Waals surface area contributed by atoms with Gasteiger partial charge in [-0.2, -0.15) is 0 Å². The average Bonchev–Trinajstić information content (AvgIpc) is 2.61. The third-order valence-corrected chi connectivity index (χ3v) is 2.62. The van der Waals surface area contributed by atoms with Crippen molar-refractivity contribution in [3.05, 3.63) is 22.2 Å². The predicted molar refractivity (Wildman–Crippen MR) is 57.9 cm³/mol. The highest BCUT2D eigenvalue weighted by atomic mass is 79.9. The van der Waals surface area contributed by atoms with Crippen molar-refractivity contribution in [2.24, 2.45) is 0 Å². The Hall–Kier alpha value is -0.740. The van der Waals surface area contributed by atoms with E-state index in [9.17, 15) is 0 Å². The lowest BCUT2D eigenvalue weighted by atomic mass is 10.1. The molecule has 14 heavy (non-hydrogen) atoms. The lowest BCUT2D eigenvalue weighted by Crippen LogP contribution is -2.10. The molecule has 4 heteroatoms. The van der Waals surface area contributed by atoms with Gasteiger partial charge in [-0.25, -0.2) is 0 Å². The first kappa shape index (κ1) is 9.80. The minimum atomic E-state index is 0.332. The SMILES string of the molecule is CNCCc1cc(Br)cc2c1OCO2. The van der Waals surface area contributed by atoms with Gasteiger partial charge >= 0.3 is 0 Å². The van der Waals surface area contributed by atoms with Crippen LogP contribution in [0.15, 0.2) is 16.6 Å². The van der Waals surface area contributed by atoms with Crippen molar-refractivity contribution in [3.63, 3.8) is 0 Å². The predicted octanol–water partition coefficient (Wildman–Crippen LogP) is 1.94. The van der Waals surface area contributed by atoms with E-state index in [4.69, 9.17) is 9.47 Å². The van der Waals surface area contributed by atoms with Gasteiger partial charge in [-0.3, -0.25) is 0 Å². The van der Waals surface area contributed by atoms with Crippen LogP contribution in [0, 0.1) is 0 Å². The van der Waals surface area contributed by atoms with Gasteiger partial charge in [0, 0.05) is 10.0 Å². The maximum atomic E-state index is 5.41. The third kappa shape index (κ3) is 1.86. The lowest BCUT2D eigenvalue weighted by molar-refractivity contribution is 0.173. The van der Waals surface area contributed by atoms with Crippen molar-refractivity contribution < 1.29 is 9.47 Å². The molecule has 0 atom stereocenters. The fraction of sp³-hybridized carbons (Fsp3) is 0.400. The maximum Gasteiger partial charge on any atom is 0.231 e. The molecule has 1 aromatic rings. The van der Waals surface area contributed by atoms with E-state index in [0.717, 1.165) is 28.9 Å². The second-order valence-electron chi connectivity index (χ2n) is 3.15. The number of hydrogen-bond donors (Lipinski definition) is 1. The first-order valence-corrected chi connectivity index (χ1v) is 5.33. The highest BCUT2D eigenvalue weighted by Gasteiger charge is 2.18. The number of ether oxygens (including phenoxy) is 2. The average molecular weight is 258 g/mol. The summed E-state index contributed by atoms with van der Waals surface area (Å²) in [7, 11) is 1.94. The maximum absolute atomic E-state index is 5.41. The summed E-state index contributed by atoms with van der Waals surface area (Å²) < 4.78 is 11.8. The molecule has 0 saturated heterocycles. The van der Waals surface area contributed by atoms with Gasteiger partial charge in [-0.05, 0) is 32.1 Å². The van der Waals surface area contributed by atoms with Crippen LogP contribution in [-0.4, -0.2) is 20.4 Å². The zero-order chi connectivity index (χ0) is 9.97. The van der Waals surface area contributed by atoms with Gasteiger partial charge in [-0.15, -0.1) is 0 Å². The molecule has 0 aliphatic carbocycles. The van der Waals surface area contributed by atoms with Crippen molar-refractivity contribution in [2.45, 2.75) is 6.42 Å². The van der Waals surface area contributed by atoms with Gasteiger partial charge in [-0.1, -0.05) is 15.9 Å². The summed E-state index contributed by atoms with van der Waals surface area (Å²) in [6.07, 6.45) is 0.946. The van der Waals surface area contributed by atoms with Gasteiger partial charge in [0.2, 0.25) is 6.79 Å². The van der Waals surface area contributed by atoms with Crippen LogP contribution >= 0.6 is 15.9 Å². The van der Waals surface area contributed by atoms with E-state index in [0.29, 0.717) is 6.79 Å². The smallest absolute Gasteiger partial charge is 0.231 e. The fourth-order valence-electron chi connectivity index (χ4n) is 1.49. The summed E-state index contributed by atoms with van der Waals surface area (Å²) in [5.41, 5.74) is 1.18. The van der Waals surface area contributed by atoms with Crippen molar-refractivity contribution in [3.8, 4) is 11.5 Å². The van der Waals surface area contributed by atoms with Crippen molar-refractivity contribution >= 4 is 15.9 Å². The Morgan fingerprint density at radius 3 is 3.07 bits per heavy atom. The van der Waals surface area contributed by atoms with E-state index in [1.165, 1.54) is 5.56 Å². The zero-order valence-corrected chi connectivity index (χ0v) is 9.56. The van der Waals surface area contributed by atoms with Crippen LogP contribution in [0.25, 0.3) is 0 Å². The highest BCUT2D eigenvalue weighted by molar-refractivity contribution is 9.10. The second kappa shape index (κ2) is 4.19. The lowest BCUT2D eigenvalue weighted by Gasteiger charge is -2.06. The van der Waals surface area contributed by atoms with E-state index in [1.54, 1.807) is 0 Å². The molecule has 0 aromatic heterocycles. The van der Waals surface area contributed by atoms with Crippen molar-refractivity contribution in [1.82, 2.24) is 5.32 Å². The number of fused-ring (bicyclic) bond motifs is 1. The summed E-state index contributed by atoms with van der Waals surface area (Å²) >= 11 is 3.45. The third-order valence-electron chi connectivity index (χ3n) is 2.16. The molecule has 76 valence electrons. The number of nitrogens with one attached hydrogen (secondary N) is 1. The first-order valence-electron chi connectivity index (χ1n) is 4.54. The summed E-state index contributed by atoms with van der Waals surface area (Å²) in [4.78, 5) is 0. The van der Waals surface area contributed by atoms with Crippen LogP contribution in [0.3, 0.4) is 0 Å². The molecule has 3 nitrogen and oxygen atoms in total. The Morgan fingerprint density at radius 1 is 1.43 bits per heavy atom. The van der Waals surface area contributed by atoms with E-state index < -0.39 is 0 Å². The summed E-state index contributed by atoms with van der Waals surface area (Å²) in [6.45, 7) is 1.27. The molecule has 1 aromatic carbocycles. The topological polar surface area (TPSA) is 30.5 Å². The van der Waals surface area contributed by atoms with Crippen LogP contribution in [0.4, 0.5) is 0 Å². The van der Waals surface area contributed by atoms with Crippen molar-refractivity contribution in [1.29, 1.82) is 0 Å². The molecule has 0 spiro atoms. The van der Waals surface area contributed by atoms with E-state index >= 15 is 0 Å². The van der Waals surface area contributed by atoms with Gasteiger partial charge in [0.15, 0.2) is 11.5 Å². The minimum absolute atomic E-state index is 0.332. The Bertz CT molecular complexity index is 341. The second-order valence-corrected chi connectivity index (χ2v) is 4.07. The summed E-state index contributed by atoms with van der Waals surface area (Å²) in [5, 5.41) is 3.12. The van der Waals surface area contributed by atoms with Gasteiger partial charge in [0.1, 0.15) is 0 Å². The first-order chi connectivity index (χ1) is 6.81. The number of rotatable bonds is 3. The molecular formula is C10H12BrNO2. The van der Waals surface area contributed by atoms with Crippen LogP contribution in [0.2, 0.25) is 0 Å². The van der Waals surface area contributed by atoms with Crippen LogP contribution in [0.5, 0.6) is 11.5 Å². The molecule has 1 aliphatic heterocycles. The molecule has 0 unspecified atom stereocenters. The van der Waals surface area contributed by atoms with Gasteiger partial charge in [0.25, 0.3) is 0 Å². The quantitative estimate of drug-likeness (QED) is 0.898. The fourth-order valence-corrected chi connectivity index (χ4v) is 1.98. The molecule has 1 aliphatic rings. The largest absolute Gasteiger partial charge is 0.454 e. The normalized spacial score (nSPS) is 13.3. The van der Waals surface area contributed by atoms with Gasteiger partial charge < -0.3 is 14.8 Å². The summed E-state index contributed by atoms with van der Waals surface area (Å²) in [5.74, 6) is 1.73. The molecule has 1 N–H and O–H groups in total. The van der Waals surface area contributed by atoms with E-state index in [1.807, 2.05) is 13.1 Å². The highest BCUT2D eigenvalue weighted by Crippen LogP contribution is 2.38. The Balaban J connectivity index is 2.29. The number of hydrogen-bond acceptors (Lipinski definition) is 3. The molecule has 2 rings (SSSR count). The standard InChI is InChI=1S/C10H12BrNO2/c1-12-3-2-7-4-8(11)5-9-10(7)14-6-13-9/h4-5,12H,2-3,6H2,1H3. The van der Waals surface area contributed by atoms with Crippen LogP contribution in [0.1, 0.15) is 5.56 Å². The molecular weight excluding hydrogens is 246 g/mol. The molecule has 0 saturated carbocycles. The van der Waals surface area contributed by atoms with Crippen molar-refractivity contribution in [2.75, 3.05) is 20.4 Å². The van der Waals surface area contributed by atoms with E-state index in [2.05, 4.69) is 27.3 Å². The molecule has 0 radical (unpaired) electrons. The van der Waals surface area contributed by atoms with Gasteiger partial charge in [0.05, 0.1) is 0 Å². The number of benzene rings is 1. The Kier molecular flexibility index (Phi) is 2.93. The Morgan fingerprint density at radius 2 is 2.29 bits per heavy atom. The van der Waals surface area contributed by atoms with E-state index in [-0.39, 0.29) is 0 Å². The zero-order valence-electron chi connectivity index (χ0n) is 7.97. The van der Waals surface area contributed by atoms with Crippen LogP contribution in [-0.2, 0) is 6.42 Å². The summed E-state index contributed by atoms with van der Waals surface area (Å²) in [6, 6.07) is 4.01. The molecule has 0 bridgehead atoms. The molecule has 0 amide bonds. The van der Waals surface area contributed by atoms with Crippen LogP contribution < -0.4 is 14.8 Å². The molecule has 1 heterocycles. The number of halogens is 1. The minimum Gasteiger partial charge on any atom is -0.454 e.